The lowest BCUT2D eigenvalue weighted by atomic mass is 10.0. The molecule has 1 saturated heterocycles. The van der Waals surface area contributed by atoms with E-state index in [1.807, 2.05) is 30.6 Å². The van der Waals surface area contributed by atoms with Crippen molar-refractivity contribution in [3.8, 4) is 11.6 Å². The summed E-state index contributed by atoms with van der Waals surface area (Å²) in [5, 5.41) is 5.95. The number of ether oxygens (including phenoxy) is 1. The number of aryl methyl sites for hydroxylation is 1. The molecule has 7 heteroatoms. The minimum absolute atomic E-state index is 0.184. The van der Waals surface area contributed by atoms with Crippen molar-refractivity contribution in [3.63, 3.8) is 0 Å². The third-order valence-electron chi connectivity index (χ3n) is 5.91. The predicted molar refractivity (Wildman–Crippen MR) is 130 cm³/mol. The maximum atomic E-state index is 12.4. The number of piperidine rings is 1. The average Bonchev–Trinajstić information content (AvgIpc) is 2.85. The fourth-order valence-electron chi connectivity index (χ4n) is 3.95. The molecule has 0 atom stereocenters. The van der Waals surface area contributed by atoms with Gasteiger partial charge in [0.05, 0.1) is 11.9 Å². The number of pyridine rings is 2. The van der Waals surface area contributed by atoms with E-state index in [1.54, 1.807) is 18.3 Å². The highest BCUT2D eigenvalue weighted by molar-refractivity contribution is 5.89. The summed E-state index contributed by atoms with van der Waals surface area (Å²) in [6, 6.07) is 15.6. The third kappa shape index (κ3) is 7.02. The predicted octanol–water partition coefficient (Wildman–Crippen LogP) is 4.66. The Kier molecular flexibility index (Phi) is 7.87. The van der Waals surface area contributed by atoms with Crippen molar-refractivity contribution in [1.82, 2.24) is 20.2 Å². The molecule has 2 aromatic heterocycles. The van der Waals surface area contributed by atoms with Gasteiger partial charge in [-0.05, 0) is 67.1 Å². The molecule has 1 aliphatic rings. The van der Waals surface area contributed by atoms with Crippen LogP contribution >= 0.6 is 0 Å². The number of carbonyl (C=O) groups excluding carboxylic acids is 1. The quantitative estimate of drug-likeness (QED) is 0.527. The van der Waals surface area contributed by atoms with Crippen molar-refractivity contribution in [2.45, 2.75) is 38.6 Å². The van der Waals surface area contributed by atoms with E-state index in [1.165, 1.54) is 11.1 Å². The smallest absolute Gasteiger partial charge is 0.319 e. The van der Waals surface area contributed by atoms with Crippen LogP contribution in [-0.2, 0) is 12.8 Å². The minimum Gasteiger partial charge on any atom is -0.439 e. The van der Waals surface area contributed by atoms with Gasteiger partial charge in [-0.3, -0.25) is 4.98 Å². The molecule has 1 fully saturated rings. The highest BCUT2D eigenvalue weighted by atomic mass is 16.5. The first-order valence-electron chi connectivity index (χ1n) is 11.6. The van der Waals surface area contributed by atoms with Crippen molar-refractivity contribution < 1.29 is 9.53 Å². The van der Waals surface area contributed by atoms with Crippen molar-refractivity contribution in [2.75, 3.05) is 25.0 Å². The Morgan fingerprint density at radius 3 is 2.64 bits per heavy atom. The summed E-state index contributed by atoms with van der Waals surface area (Å²) >= 11 is 0. The molecule has 2 amide bonds. The summed E-state index contributed by atoms with van der Waals surface area (Å²) in [4.78, 5) is 23.2. The van der Waals surface area contributed by atoms with E-state index in [2.05, 4.69) is 50.6 Å². The van der Waals surface area contributed by atoms with Crippen LogP contribution in [0.15, 0.2) is 67.1 Å². The van der Waals surface area contributed by atoms with E-state index in [-0.39, 0.29) is 12.1 Å². The molecule has 0 radical (unpaired) electrons. The Bertz CT molecular complexity index is 1020. The monoisotopic (exact) mass is 445 g/mol. The van der Waals surface area contributed by atoms with Crippen LogP contribution in [0.25, 0.3) is 0 Å². The summed E-state index contributed by atoms with van der Waals surface area (Å²) in [6.07, 6.45) is 9.17. The molecule has 0 aliphatic carbocycles. The number of likely N-dealkylation sites (tertiary alicyclic amines) is 1. The van der Waals surface area contributed by atoms with Gasteiger partial charge in [-0.1, -0.05) is 19.1 Å². The number of hydrogen-bond acceptors (Lipinski definition) is 5. The highest BCUT2D eigenvalue weighted by Crippen LogP contribution is 2.22. The molecule has 7 nitrogen and oxygen atoms in total. The number of urea groups is 1. The zero-order valence-electron chi connectivity index (χ0n) is 19.0. The number of aromatic nitrogens is 2. The van der Waals surface area contributed by atoms with Gasteiger partial charge in [-0.15, -0.1) is 0 Å². The van der Waals surface area contributed by atoms with Gasteiger partial charge < -0.3 is 20.3 Å². The molecule has 0 unspecified atom stereocenters. The normalized spacial score (nSPS) is 14.6. The van der Waals surface area contributed by atoms with Crippen LogP contribution in [0.4, 0.5) is 10.5 Å². The van der Waals surface area contributed by atoms with Crippen LogP contribution in [0, 0.1) is 0 Å². The summed E-state index contributed by atoms with van der Waals surface area (Å²) in [5.41, 5.74) is 3.16. The molecule has 0 bridgehead atoms. The second-order valence-corrected chi connectivity index (χ2v) is 8.31. The summed E-state index contributed by atoms with van der Waals surface area (Å²) in [7, 11) is 0. The second kappa shape index (κ2) is 11.4. The summed E-state index contributed by atoms with van der Waals surface area (Å²) in [5.74, 6) is 1.25. The number of amides is 2. The van der Waals surface area contributed by atoms with Crippen molar-refractivity contribution in [3.05, 3.63) is 78.2 Å². The largest absolute Gasteiger partial charge is 0.439 e. The fourth-order valence-corrected chi connectivity index (χ4v) is 3.95. The minimum atomic E-state index is -0.198. The Morgan fingerprint density at radius 1 is 1.09 bits per heavy atom. The average molecular weight is 446 g/mol. The lowest BCUT2D eigenvalue weighted by Crippen LogP contribution is -2.46. The standard InChI is InChI=1S/C26H31N5O2/c1-2-20-4-3-5-24(18-20)33-25-7-6-23(19-28-25)30-26(32)29-22-11-16-31(17-12-22)15-10-21-8-13-27-14-9-21/h3-9,13-14,18-19,22H,2,10-12,15-17H2,1H3,(H2,29,30,32). The van der Waals surface area contributed by atoms with Gasteiger partial charge >= 0.3 is 6.03 Å². The van der Waals surface area contributed by atoms with Crippen LogP contribution in [-0.4, -0.2) is 46.6 Å². The zero-order valence-corrected chi connectivity index (χ0v) is 19.0. The van der Waals surface area contributed by atoms with Crippen molar-refractivity contribution in [1.29, 1.82) is 0 Å². The highest BCUT2D eigenvalue weighted by Gasteiger charge is 2.20. The lowest BCUT2D eigenvalue weighted by molar-refractivity contribution is 0.197. The van der Waals surface area contributed by atoms with E-state index < -0.39 is 0 Å². The number of carbonyl (C=O) groups is 1. The van der Waals surface area contributed by atoms with Crippen LogP contribution in [0.1, 0.15) is 30.9 Å². The molecular formula is C26H31N5O2. The maximum absolute atomic E-state index is 12.4. The molecule has 3 heterocycles. The molecule has 33 heavy (non-hydrogen) atoms. The van der Waals surface area contributed by atoms with Gasteiger partial charge in [0, 0.05) is 44.1 Å². The second-order valence-electron chi connectivity index (χ2n) is 8.31. The number of hydrogen-bond donors (Lipinski definition) is 2. The molecule has 0 saturated carbocycles. The van der Waals surface area contributed by atoms with Gasteiger partial charge in [0.1, 0.15) is 5.75 Å². The topological polar surface area (TPSA) is 79.4 Å². The summed E-state index contributed by atoms with van der Waals surface area (Å²) in [6.45, 7) is 5.12. The number of nitrogens with zero attached hydrogens (tertiary/aromatic N) is 3. The van der Waals surface area contributed by atoms with Crippen LogP contribution in [0.2, 0.25) is 0 Å². The van der Waals surface area contributed by atoms with Gasteiger partial charge in [0.15, 0.2) is 0 Å². The molecule has 4 rings (SSSR count). The molecule has 2 N–H and O–H groups in total. The van der Waals surface area contributed by atoms with E-state index >= 15 is 0 Å². The van der Waals surface area contributed by atoms with Gasteiger partial charge in [-0.25, -0.2) is 9.78 Å². The molecule has 1 aliphatic heterocycles. The van der Waals surface area contributed by atoms with Crippen molar-refractivity contribution >= 4 is 11.7 Å². The van der Waals surface area contributed by atoms with Gasteiger partial charge in [0.2, 0.25) is 5.88 Å². The lowest BCUT2D eigenvalue weighted by Gasteiger charge is -2.32. The first-order chi connectivity index (χ1) is 16.2. The molecule has 1 aromatic carbocycles. The first kappa shape index (κ1) is 22.7. The number of benzene rings is 1. The van der Waals surface area contributed by atoms with E-state index in [0.717, 1.165) is 51.1 Å². The molecular weight excluding hydrogens is 414 g/mol. The number of nitrogens with one attached hydrogen (secondary N) is 2. The zero-order chi connectivity index (χ0) is 22.9. The van der Waals surface area contributed by atoms with Crippen LogP contribution < -0.4 is 15.4 Å². The van der Waals surface area contributed by atoms with E-state index in [0.29, 0.717) is 11.6 Å². The van der Waals surface area contributed by atoms with E-state index in [4.69, 9.17) is 4.74 Å². The number of anilines is 1. The Morgan fingerprint density at radius 2 is 1.91 bits per heavy atom. The third-order valence-corrected chi connectivity index (χ3v) is 5.91. The Balaban J connectivity index is 1.18. The molecule has 172 valence electrons. The first-order valence-corrected chi connectivity index (χ1v) is 11.6. The SMILES string of the molecule is CCc1cccc(Oc2ccc(NC(=O)NC3CCN(CCc4ccncc4)CC3)cn2)c1. The van der Waals surface area contributed by atoms with Gasteiger partial charge in [0.25, 0.3) is 0 Å². The van der Waals surface area contributed by atoms with Crippen LogP contribution in [0.5, 0.6) is 11.6 Å². The van der Waals surface area contributed by atoms with Crippen molar-refractivity contribution in [2.24, 2.45) is 0 Å². The van der Waals surface area contributed by atoms with E-state index in [9.17, 15) is 4.79 Å². The molecule has 3 aromatic rings. The van der Waals surface area contributed by atoms with Gasteiger partial charge in [-0.2, -0.15) is 0 Å². The fraction of sp³-hybridized carbons (Fsp3) is 0.346. The number of rotatable bonds is 8. The van der Waals surface area contributed by atoms with Crippen LogP contribution in [0.3, 0.4) is 0 Å². The Labute approximate surface area is 195 Å². The molecule has 0 spiro atoms. The maximum Gasteiger partial charge on any atom is 0.319 e. The summed E-state index contributed by atoms with van der Waals surface area (Å²) < 4.78 is 5.81. The Hall–Kier alpha value is -3.45.